The fourth-order valence-electron chi connectivity index (χ4n) is 2.75. The molecule has 5 aromatic rings. The molecule has 5 rings (SSSR count). The van der Waals surface area contributed by atoms with Gasteiger partial charge in [-0.2, -0.15) is 5.10 Å². The number of rotatable bonds is 5. The van der Waals surface area contributed by atoms with E-state index in [2.05, 4.69) is 20.2 Å². The Bertz CT molecular complexity index is 1180. The Hall–Kier alpha value is -2.97. The minimum atomic E-state index is 0.664. The van der Waals surface area contributed by atoms with Crippen LogP contribution >= 0.6 is 23.1 Å². The number of benzene rings is 1. The molecule has 0 aliphatic carbocycles. The summed E-state index contributed by atoms with van der Waals surface area (Å²) < 4.78 is 7.27. The van der Waals surface area contributed by atoms with Gasteiger partial charge in [0.1, 0.15) is 11.4 Å². The van der Waals surface area contributed by atoms with Gasteiger partial charge in [-0.25, -0.2) is 14.6 Å². The summed E-state index contributed by atoms with van der Waals surface area (Å²) in [5.41, 5.74) is 2.64. The average Bonchev–Trinajstić information content (AvgIpc) is 3.47. The molecule has 0 aliphatic heterocycles. The van der Waals surface area contributed by atoms with Crippen LogP contribution in [0.2, 0.25) is 0 Å². The van der Waals surface area contributed by atoms with Crippen LogP contribution in [0.1, 0.15) is 5.69 Å². The Labute approximate surface area is 162 Å². The van der Waals surface area contributed by atoms with Gasteiger partial charge in [0.05, 0.1) is 27.8 Å². The van der Waals surface area contributed by atoms with Gasteiger partial charge in [-0.1, -0.05) is 41.2 Å². The van der Waals surface area contributed by atoms with E-state index in [1.165, 1.54) is 0 Å². The van der Waals surface area contributed by atoms with Crippen LogP contribution in [0, 0.1) is 0 Å². The molecule has 132 valence electrons. The number of nitrogens with zero attached hydrogens (tertiary/aromatic N) is 5. The van der Waals surface area contributed by atoms with E-state index in [1.54, 1.807) is 29.4 Å². The molecule has 0 amide bonds. The van der Waals surface area contributed by atoms with Crippen LogP contribution in [0.4, 0.5) is 0 Å². The van der Waals surface area contributed by atoms with Crippen LogP contribution in [0.15, 0.2) is 76.0 Å². The van der Waals surface area contributed by atoms with E-state index in [0.717, 1.165) is 38.1 Å². The number of para-hydroxylation sites is 1. The summed E-state index contributed by atoms with van der Waals surface area (Å²) in [7, 11) is 0. The number of thioether (sulfide) groups is 1. The number of fused-ring (bicyclic) bond motifs is 1. The third kappa shape index (κ3) is 3.13. The van der Waals surface area contributed by atoms with Crippen LogP contribution < -0.4 is 0 Å². The first-order valence-electron chi connectivity index (χ1n) is 8.25. The standard InChI is InChI=1S/C19H13N5OS2/c1-2-5-14(6-3-1)24-18-15(10-22-24)19(21-12-20-18)27-11-13-9-16(25-23-13)17-7-4-8-26-17/h1-10,12H,11H2. The summed E-state index contributed by atoms with van der Waals surface area (Å²) in [6, 6.07) is 15.9. The molecule has 4 aromatic heterocycles. The lowest BCUT2D eigenvalue weighted by Gasteiger charge is -2.03. The second kappa shape index (κ2) is 6.98. The Morgan fingerprint density at radius 2 is 2.00 bits per heavy atom. The van der Waals surface area contributed by atoms with Gasteiger partial charge in [0.25, 0.3) is 0 Å². The maximum atomic E-state index is 5.44. The number of thiophene rings is 1. The van der Waals surface area contributed by atoms with Gasteiger partial charge in [-0.3, -0.25) is 0 Å². The normalized spacial score (nSPS) is 11.3. The summed E-state index contributed by atoms with van der Waals surface area (Å²) in [6.45, 7) is 0. The second-order valence-corrected chi connectivity index (χ2v) is 7.67. The topological polar surface area (TPSA) is 69.6 Å². The van der Waals surface area contributed by atoms with Crippen molar-refractivity contribution < 1.29 is 4.52 Å². The van der Waals surface area contributed by atoms with E-state index in [0.29, 0.717) is 5.75 Å². The molecule has 0 bridgehead atoms. The predicted octanol–water partition coefficient (Wildman–Crippen LogP) is 4.82. The van der Waals surface area contributed by atoms with Crippen LogP contribution in [0.25, 0.3) is 27.4 Å². The zero-order chi connectivity index (χ0) is 18.1. The highest BCUT2D eigenvalue weighted by Gasteiger charge is 2.13. The van der Waals surface area contributed by atoms with Crippen molar-refractivity contribution in [3.63, 3.8) is 0 Å². The SMILES string of the molecule is c1ccc(-n2ncc3c(SCc4cc(-c5cccs5)on4)ncnc32)cc1. The van der Waals surface area contributed by atoms with Crippen molar-refractivity contribution in [1.29, 1.82) is 0 Å². The summed E-state index contributed by atoms with van der Waals surface area (Å²) in [5.74, 6) is 1.46. The highest BCUT2D eigenvalue weighted by Crippen LogP contribution is 2.30. The van der Waals surface area contributed by atoms with E-state index in [4.69, 9.17) is 4.52 Å². The summed E-state index contributed by atoms with van der Waals surface area (Å²) >= 11 is 3.23. The predicted molar refractivity (Wildman–Crippen MR) is 106 cm³/mol. The maximum absolute atomic E-state index is 5.44. The molecule has 1 aromatic carbocycles. The van der Waals surface area contributed by atoms with Crippen LogP contribution in [0.5, 0.6) is 0 Å². The number of hydrogen-bond donors (Lipinski definition) is 0. The molecule has 0 N–H and O–H groups in total. The molecule has 0 aliphatic rings. The van der Waals surface area contributed by atoms with Gasteiger partial charge in [0.2, 0.25) is 0 Å². The summed E-state index contributed by atoms with van der Waals surface area (Å²) in [6.07, 6.45) is 3.39. The lowest BCUT2D eigenvalue weighted by Crippen LogP contribution is -1.97. The first-order valence-corrected chi connectivity index (χ1v) is 10.1. The zero-order valence-electron chi connectivity index (χ0n) is 14.0. The van der Waals surface area contributed by atoms with Crippen molar-refractivity contribution in [2.75, 3.05) is 0 Å². The third-order valence-corrected chi connectivity index (χ3v) is 5.93. The molecule has 6 nitrogen and oxygen atoms in total. The van der Waals surface area contributed by atoms with Crippen molar-refractivity contribution in [2.24, 2.45) is 0 Å². The molecule has 0 radical (unpaired) electrons. The first kappa shape index (κ1) is 16.2. The molecule has 0 saturated heterocycles. The fourth-order valence-corrected chi connectivity index (χ4v) is 4.27. The van der Waals surface area contributed by atoms with Gasteiger partial charge in [0.15, 0.2) is 11.4 Å². The Kier molecular flexibility index (Phi) is 4.19. The highest BCUT2D eigenvalue weighted by atomic mass is 32.2. The Morgan fingerprint density at radius 3 is 2.85 bits per heavy atom. The van der Waals surface area contributed by atoms with Crippen molar-refractivity contribution in [3.05, 3.63) is 72.1 Å². The smallest absolute Gasteiger partial charge is 0.177 e. The molecule has 0 fully saturated rings. The lowest BCUT2D eigenvalue weighted by molar-refractivity contribution is 0.427. The highest BCUT2D eigenvalue weighted by molar-refractivity contribution is 7.98. The van der Waals surface area contributed by atoms with E-state index in [-0.39, 0.29) is 0 Å². The summed E-state index contributed by atoms with van der Waals surface area (Å²) in [5, 5.41) is 12.5. The van der Waals surface area contributed by atoms with E-state index in [1.807, 2.05) is 64.8 Å². The molecule has 0 unspecified atom stereocenters. The zero-order valence-corrected chi connectivity index (χ0v) is 15.7. The van der Waals surface area contributed by atoms with Gasteiger partial charge < -0.3 is 4.52 Å². The summed E-state index contributed by atoms with van der Waals surface area (Å²) in [4.78, 5) is 9.92. The van der Waals surface area contributed by atoms with Gasteiger partial charge in [-0.15, -0.1) is 11.3 Å². The van der Waals surface area contributed by atoms with Gasteiger partial charge >= 0.3 is 0 Å². The van der Waals surface area contributed by atoms with Crippen LogP contribution in [-0.2, 0) is 5.75 Å². The quantitative estimate of drug-likeness (QED) is 0.316. The molecule has 8 heteroatoms. The Morgan fingerprint density at radius 1 is 1.07 bits per heavy atom. The number of aromatic nitrogens is 5. The molecule has 0 saturated carbocycles. The van der Waals surface area contributed by atoms with Crippen molar-refractivity contribution >= 4 is 34.1 Å². The lowest BCUT2D eigenvalue weighted by atomic mass is 10.3. The number of hydrogen-bond acceptors (Lipinski definition) is 7. The van der Waals surface area contributed by atoms with Crippen molar-refractivity contribution in [1.82, 2.24) is 24.9 Å². The molecule has 0 spiro atoms. The molecular formula is C19H13N5OS2. The third-order valence-electron chi connectivity index (χ3n) is 4.01. The van der Waals surface area contributed by atoms with Gasteiger partial charge in [-0.05, 0) is 23.6 Å². The second-order valence-electron chi connectivity index (χ2n) is 5.76. The fraction of sp³-hybridized carbons (Fsp3) is 0.0526. The van der Waals surface area contributed by atoms with E-state index in [9.17, 15) is 0 Å². The Balaban J connectivity index is 1.40. The minimum Gasteiger partial charge on any atom is -0.355 e. The van der Waals surface area contributed by atoms with Crippen LogP contribution in [0.3, 0.4) is 0 Å². The largest absolute Gasteiger partial charge is 0.355 e. The maximum Gasteiger partial charge on any atom is 0.177 e. The monoisotopic (exact) mass is 391 g/mol. The average molecular weight is 391 g/mol. The molecular weight excluding hydrogens is 378 g/mol. The molecule has 4 heterocycles. The van der Waals surface area contributed by atoms with E-state index < -0.39 is 0 Å². The minimum absolute atomic E-state index is 0.664. The first-order chi connectivity index (χ1) is 13.4. The molecule has 0 atom stereocenters. The van der Waals surface area contributed by atoms with Gasteiger partial charge in [0, 0.05) is 11.8 Å². The molecule has 27 heavy (non-hydrogen) atoms. The van der Waals surface area contributed by atoms with E-state index >= 15 is 0 Å². The van der Waals surface area contributed by atoms with Crippen molar-refractivity contribution in [3.8, 4) is 16.3 Å². The van der Waals surface area contributed by atoms with Crippen LogP contribution in [-0.4, -0.2) is 24.9 Å². The van der Waals surface area contributed by atoms with Crippen molar-refractivity contribution in [2.45, 2.75) is 10.8 Å².